The van der Waals surface area contributed by atoms with Crippen molar-refractivity contribution in [2.75, 3.05) is 12.3 Å². The van der Waals surface area contributed by atoms with E-state index in [1.54, 1.807) is 12.1 Å². The lowest BCUT2D eigenvalue weighted by molar-refractivity contribution is -0.132. The van der Waals surface area contributed by atoms with Crippen LogP contribution in [0.15, 0.2) is 59.5 Å². The SMILES string of the molecule is CCC1(C(=O)N[C@@H](Cc2ccccc2)C(O)CN(C2CCCC2)S(=O)(=O)c2ccc(N)cc2)CCCC1. The molecule has 8 heteroatoms. The van der Waals surface area contributed by atoms with Gasteiger partial charge in [-0.05, 0) is 68.4 Å². The Kier molecular flexibility index (Phi) is 8.93. The lowest BCUT2D eigenvalue weighted by atomic mass is 9.82. The number of benzene rings is 2. The van der Waals surface area contributed by atoms with E-state index >= 15 is 0 Å². The third-order valence-electron chi connectivity index (χ3n) is 8.38. The number of aliphatic hydroxyl groups excluding tert-OH is 1. The van der Waals surface area contributed by atoms with Crippen molar-refractivity contribution in [3.63, 3.8) is 0 Å². The molecule has 37 heavy (non-hydrogen) atoms. The van der Waals surface area contributed by atoms with Gasteiger partial charge in [-0.1, -0.05) is 62.9 Å². The number of nitrogens with zero attached hydrogens (tertiary/aromatic N) is 1. The van der Waals surface area contributed by atoms with Gasteiger partial charge in [0.15, 0.2) is 0 Å². The summed E-state index contributed by atoms with van der Waals surface area (Å²) in [6.45, 7) is 1.98. The van der Waals surface area contributed by atoms with Crippen LogP contribution >= 0.6 is 0 Å². The Morgan fingerprint density at radius 2 is 1.68 bits per heavy atom. The van der Waals surface area contributed by atoms with Gasteiger partial charge in [-0.3, -0.25) is 4.79 Å². The second-order valence-electron chi connectivity index (χ2n) is 10.8. The zero-order chi connectivity index (χ0) is 26.5. The molecule has 1 unspecified atom stereocenters. The van der Waals surface area contributed by atoms with Crippen molar-refractivity contribution in [2.45, 2.75) is 94.2 Å². The summed E-state index contributed by atoms with van der Waals surface area (Å²) in [4.78, 5) is 13.7. The standard InChI is InChI=1S/C29H41N3O4S/c1-2-29(18-8-9-19-29)28(34)31-26(20-22-10-4-3-5-11-22)27(33)21-32(24-12-6-7-13-24)37(35,36)25-16-14-23(30)15-17-25/h3-5,10-11,14-17,24,26-27,33H,2,6-9,12-13,18-21,30H2,1H3,(H,31,34)/t26-,27?/m0/s1. The van der Waals surface area contributed by atoms with E-state index < -0.39 is 27.6 Å². The minimum absolute atomic E-state index is 0.0266. The van der Waals surface area contributed by atoms with Gasteiger partial charge in [0, 0.05) is 23.7 Å². The average molecular weight is 528 g/mol. The molecule has 1 amide bonds. The van der Waals surface area contributed by atoms with Crippen molar-refractivity contribution in [1.29, 1.82) is 0 Å². The fourth-order valence-corrected chi connectivity index (χ4v) is 7.69. The van der Waals surface area contributed by atoms with Crippen molar-refractivity contribution in [1.82, 2.24) is 9.62 Å². The van der Waals surface area contributed by atoms with Gasteiger partial charge in [0.05, 0.1) is 17.0 Å². The summed E-state index contributed by atoms with van der Waals surface area (Å²) in [5.74, 6) is -0.0266. The van der Waals surface area contributed by atoms with E-state index in [2.05, 4.69) is 12.2 Å². The molecule has 0 radical (unpaired) electrons. The van der Waals surface area contributed by atoms with Gasteiger partial charge in [-0.2, -0.15) is 4.31 Å². The Bertz CT molecular complexity index is 1130. The van der Waals surface area contributed by atoms with Gasteiger partial charge in [0.1, 0.15) is 0 Å². The molecular formula is C29H41N3O4S. The van der Waals surface area contributed by atoms with Gasteiger partial charge in [0.2, 0.25) is 15.9 Å². The van der Waals surface area contributed by atoms with Crippen LogP contribution in [0.2, 0.25) is 0 Å². The van der Waals surface area contributed by atoms with E-state index in [0.29, 0.717) is 12.1 Å². The quantitative estimate of drug-likeness (QED) is 0.378. The zero-order valence-corrected chi connectivity index (χ0v) is 22.6. The van der Waals surface area contributed by atoms with Gasteiger partial charge >= 0.3 is 0 Å². The highest BCUT2D eigenvalue weighted by molar-refractivity contribution is 7.89. The Labute approximate surface area is 221 Å². The van der Waals surface area contributed by atoms with E-state index in [1.807, 2.05) is 30.3 Å². The molecule has 4 N–H and O–H groups in total. The van der Waals surface area contributed by atoms with Gasteiger partial charge in [-0.15, -0.1) is 0 Å². The van der Waals surface area contributed by atoms with Crippen LogP contribution in [0.5, 0.6) is 0 Å². The summed E-state index contributed by atoms with van der Waals surface area (Å²) < 4.78 is 29.0. The van der Waals surface area contributed by atoms with Crippen LogP contribution in [0.1, 0.15) is 70.3 Å². The van der Waals surface area contributed by atoms with E-state index in [9.17, 15) is 18.3 Å². The summed E-state index contributed by atoms with van der Waals surface area (Å²) in [6.07, 6.45) is 7.31. The number of nitrogen functional groups attached to an aromatic ring is 1. The van der Waals surface area contributed by atoms with E-state index in [1.165, 1.54) is 16.4 Å². The number of nitrogens with one attached hydrogen (secondary N) is 1. The number of carbonyl (C=O) groups excluding carboxylic acids is 1. The minimum Gasteiger partial charge on any atom is -0.399 e. The average Bonchev–Trinajstić information content (AvgIpc) is 3.60. The number of hydrogen-bond donors (Lipinski definition) is 3. The first kappa shape index (κ1) is 27.6. The summed E-state index contributed by atoms with van der Waals surface area (Å²) in [5.41, 5.74) is 6.86. The largest absolute Gasteiger partial charge is 0.399 e. The molecule has 2 aliphatic rings. The molecule has 202 valence electrons. The maximum absolute atomic E-state index is 13.8. The monoisotopic (exact) mass is 527 g/mol. The molecule has 0 bridgehead atoms. The molecule has 0 spiro atoms. The van der Waals surface area contributed by atoms with Gasteiger partial charge < -0.3 is 16.2 Å². The summed E-state index contributed by atoms with van der Waals surface area (Å²) in [6, 6.07) is 15.2. The Morgan fingerprint density at radius 3 is 2.27 bits per heavy atom. The third-order valence-corrected chi connectivity index (χ3v) is 10.3. The van der Waals surface area contributed by atoms with Gasteiger partial charge in [-0.25, -0.2) is 8.42 Å². The van der Waals surface area contributed by atoms with E-state index in [-0.39, 0.29) is 23.4 Å². The molecule has 2 saturated carbocycles. The van der Waals surface area contributed by atoms with Crippen LogP contribution in [0.4, 0.5) is 5.69 Å². The molecule has 2 atom stereocenters. The number of nitrogens with two attached hydrogens (primary N) is 1. The molecule has 2 aliphatic carbocycles. The highest BCUT2D eigenvalue weighted by Gasteiger charge is 2.42. The van der Waals surface area contributed by atoms with E-state index in [4.69, 9.17) is 5.73 Å². The molecule has 2 aromatic rings. The molecular weight excluding hydrogens is 486 g/mol. The Morgan fingerprint density at radius 1 is 1.05 bits per heavy atom. The van der Waals surface area contributed by atoms with Crippen molar-refractivity contribution in [2.24, 2.45) is 5.41 Å². The van der Waals surface area contributed by atoms with Crippen LogP contribution in [-0.4, -0.2) is 48.5 Å². The molecule has 2 fully saturated rings. The molecule has 4 rings (SSSR count). The summed E-state index contributed by atoms with van der Waals surface area (Å²) >= 11 is 0. The lowest BCUT2D eigenvalue weighted by Gasteiger charge is -2.35. The number of anilines is 1. The molecule has 0 heterocycles. The maximum atomic E-state index is 13.8. The normalized spacial score (nSPS) is 19.6. The van der Waals surface area contributed by atoms with Gasteiger partial charge in [0.25, 0.3) is 0 Å². The molecule has 0 aromatic heterocycles. The zero-order valence-electron chi connectivity index (χ0n) is 21.8. The molecule has 0 aliphatic heterocycles. The fraction of sp³-hybridized carbons (Fsp3) is 0.552. The number of hydrogen-bond acceptors (Lipinski definition) is 5. The first-order valence-electron chi connectivity index (χ1n) is 13.7. The number of sulfonamides is 1. The van der Waals surface area contributed by atoms with Crippen LogP contribution in [0.25, 0.3) is 0 Å². The number of rotatable bonds is 11. The smallest absolute Gasteiger partial charge is 0.243 e. The highest BCUT2D eigenvalue weighted by atomic mass is 32.2. The fourth-order valence-electron chi connectivity index (χ4n) is 5.99. The number of carbonyl (C=O) groups is 1. The summed E-state index contributed by atoms with van der Waals surface area (Å²) in [5, 5.41) is 14.7. The minimum atomic E-state index is -3.86. The van der Waals surface area contributed by atoms with Crippen molar-refractivity contribution >= 4 is 21.6 Å². The number of aliphatic hydroxyl groups is 1. The molecule has 7 nitrogen and oxygen atoms in total. The number of amides is 1. The van der Waals surface area contributed by atoms with Crippen LogP contribution in [-0.2, 0) is 21.2 Å². The highest BCUT2D eigenvalue weighted by Crippen LogP contribution is 2.41. The Hall–Kier alpha value is -2.42. The van der Waals surface area contributed by atoms with Crippen molar-refractivity contribution < 1.29 is 18.3 Å². The third kappa shape index (κ3) is 6.36. The first-order valence-corrected chi connectivity index (χ1v) is 15.1. The molecule has 0 saturated heterocycles. The van der Waals surface area contributed by atoms with Crippen molar-refractivity contribution in [3.05, 3.63) is 60.2 Å². The first-order chi connectivity index (χ1) is 17.7. The predicted molar refractivity (Wildman–Crippen MR) is 146 cm³/mol. The van der Waals surface area contributed by atoms with Crippen LogP contribution < -0.4 is 11.1 Å². The topological polar surface area (TPSA) is 113 Å². The van der Waals surface area contributed by atoms with E-state index in [0.717, 1.165) is 63.4 Å². The van der Waals surface area contributed by atoms with Crippen molar-refractivity contribution in [3.8, 4) is 0 Å². The second-order valence-corrected chi connectivity index (χ2v) is 12.7. The predicted octanol–water partition coefficient (Wildman–Crippen LogP) is 4.26. The Balaban J connectivity index is 1.61. The summed E-state index contributed by atoms with van der Waals surface area (Å²) in [7, 11) is -3.86. The maximum Gasteiger partial charge on any atom is 0.243 e. The molecule has 2 aromatic carbocycles. The van der Waals surface area contributed by atoms with Crippen LogP contribution in [0, 0.1) is 5.41 Å². The van der Waals surface area contributed by atoms with Crippen LogP contribution in [0.3, 0.4) is 0 Å². The lowest BCUT2D eigenvalue weighted by Crippen LogP contribution is -2.54. The second kappa shape index (κ2) is 12.0.